The van der Waals surface area contributed by atoms with Crippen LogP contribution in [-0.4, -0.2) is 16.0 Å². The Morgan fingerprint density at radius 1 is 1.23 bits per heavy atom. The highest BCUT2D eigenvalue weighted by Crippen LogP contribution is 2.44. The molecule has 0 aromatic rings. The maximum absolute atomic E-state index is 5.44. The van der Waals surface area contributed by atoms with E-state index in [-0.39, 0.29) is 0 Å². The van der Waals surface area contributed by atoms with Crippen molar-refractivity contribution >= 4 is 34.4 Å². The first-order valence-electron chi connectivity index (χ1n) is 4.77. The van der Waals surface area contributed by atoms with Crippen LogP contribution in [0, 0.1) is 11.8 Å². The Balaban J connectivity index is 1.90. The molecule has 2 saturated carbocycles. The molecule has 2 aliphatic carbocycles. The molecule has 2 rings (SSSR count). The molecule has 0 aromatic carbocycles. The number of hydrogen-bond acceptors (Lipinski definition) is 2. The van der Waals surface area contributed by atoms with Crippen LogP contribution in [0.4, 0.5) is 0 Å². The van der Waals surface area contributed by atoms with E-state index in [4.69, 9.17) is 30.2 Å². The Kier molecular flexibility index (Phi) is 2.51. The Morgan fingerprint density at radius 3 is 2.46 bits per heavy atom. The zero-order valence-corrected chi connectivity index (χ0v) is 9.09. The van der Waals surface area contributed by atoms with Gasteiger partial charge in [0, 0.05) is 6.04 Å². The molecule has 4 heteroatoms. The summed E-state index contributed by atoms with van der Waals surface area (Å²) in [5.41, 5.74) is 5.44. The molecule has 3 unspecified atom stereocenters. The lowest BCUT2D eigenvalue weighted by Gasteiger charge is -2.23. The highest BCUT2D eigenvalue weighted by Gasteiger charge is 2.39. The largest absolute Gasteiger partial charge is 0.388 e. The molecule has 2 fully saturated rings. The van der Waals surface area contributed by atoms with E-state index in [1.54, 1.807) is 0 Å². The van der Waals surface area contributed by atoms with Crippen molar-refractivity contribution in [2.75, 3.05) is 0 Å². The van der Waals surface area contributed by atoms with Gasteiger partial charge in [-0.05, 0) is 31.1 Å². The fraction of sp³-hybridized carbons (Fsp3) is 0.778. The summed E-state index contributed by atoms with van der Waals surface area (Å²) in [7, 11) is 0. The van der Waals surface area contributed by atoms with Crippen molar-refractivity contribution in [3.05, 3.63) is 0 Å². The topological polar surface area (TPSA) is 38.0 Å². The molecule has 0 amide bonds. The van der Waals surface area contributed by atoms with Crippen molar-refractivity contribution in [2.24, 2.45) is 17.6 Å². The second-order valence-corrected chi connectivity index (χ2v) is 4.97. The van der Waals surface area contributed by atoms with Crippen LogP contribution in [0.25, 0.3) is 0 Å². The monoisotopic (exact) mass is 214 g/mol. The van der Waals surface area contributed by atoms with Crippen LogP contribution in [0.15, 0.2) is 0 Å². The Bertz CT molecular complexity index is 252. The summed E-state index contributed by atoms with van der Waals surface area (Å²) in [5.74, 6) is 1.74. The van der Waals surface area contributed by atoms with Crippen LogP contribution in [0.2, 0.25) is 0 Å². The fourth-order valence-electron chi connectivity index (χ4n) is 2.66. The molecule has 0 saturated heterocycles. The molecule has 13 heavy (non-hydrogen) atoms. The van der Waals surface area contributed by atoms with Gasteiger partial charge in [-0.1, -0.05) is 30.9 Å². The van der Waals surface area contributed by atoms with Crippen molar-refractivity contribution < 1.29 is 0 Å². The average Bonchev–Trinajstić information content (AvgIpc) is 2.64. The molecular weight excluding hydrogens is 200 g/mol. The van der Waals surface area contributed by atoms with Gasteiger partial charge in [-0.3, -0.25) is 0 Å². The summed E-state index contributed by atoms with van der Waals surface area (Å²) in [6.45, 7) is 0. The highest BCUT2D eigenvalue weighted by atomic mass is 32.1. The number of fused-ring (bicyclic) bond motifs is 2. The summed E-state index contributed by atoms with van der Waals surface area (Å²) in [5, 5.41) is 3.27. The Morgan fingerprint density at radius 2 is 2.00 bits per heavy atom. The van der Waals surface area contributed by atoms with Gasteiger partial charge in [-0.15, -0.1) is 0 Å². The minimum atomic E-state index is 0.331. The third-order valence-corrected chi connectivity index (χ3v) is 3.95. The minimum absolute atomic E-state index is 0.331. The van der Waals surface area contributed by atoms with E-state index >= 15 is 0 Å². The first kappa shape index (κ1) is 9.34. The van der Waals surface area contributed by atoms with Gasteiger partial charge in [0.1, 0.15) is 9.98 Å². The quantitative estimate of drug-likeness (QED) is 0.647. The minimum Gasteiger partial charge on any atom is -0.388 e. The maximum Gasteiger partial charge on any atom is 0.134 e. The molecule has 72 valence electrons. The predicted molar refractivity (Wildman–Crippen MR) is 61.8 cm³/mol. The van der Waals surface area contributed by atoms with Gasteiger partial charge in [0.25, 0.3) is 0 Å². The van der Waals surface area contributed by atoms with Crippen molar-refractivity contribution in [3.8, 4) is 0 Å². The molecule has 0 aliphatic heterocycles. The molecule has 2 bridgehead atoms. The molecule has 0 heterocycles. The van der Waals surface area contributed by atoms with Crippen LogP contribution >= 0.6 is 24.4 Å². The van der Waals surface area contributed by atoms with E-state index in [2.05, 4.69) is 5.32 Å². The maximum atomic E-state index is 5.44. The SMILES string of the molecule is NC(=S)C(=S)NC1CC2CCC1C2. The number of hydrogen-bond donors (Lipinski definition) is 2. The second-order valence-electron chi connectivity index (χ2n) is 4.12. The van der Waals surface area contributed by atoms with Gasteiger partial charge in [0.05, 0.1) is 0 Å². The van der Waals surface area contributed by atoms with E-state index in [9.17, 15) is 0 Å². The molecule has 0 spiro atoms. The number of nitrogens with two attached hydrogens (primary N) is 1. The summed E-state index contributed by atoms with van der Waals surface area (Å²) >= 11 is 9.87. The third-order valence-electron chi connectivity index (χ3n) is 3.28. The van der Waals surface area contributed by atoms with Crippen molar-refractivity contribution in [3.63, 3.8) is 0 Å². The number of thiocarbonyl (C=S) groups is 2. The van der Waals surface area contributed by atoms with Crippen LogP contribution in [-0.2, 0) is 0 Å². The highest BCUT2D eigenvalue weighted by molar-refractivity contribution is 7.89. The zero-order valence-electron chi connectivity index (χ0n) is 7.45. The van der Waals surface area contributed by atoms with Gasteiger partial charge in [0.2, 0.25) is 0 Å². The molecule has 2 nitrogen and oxygen atoms in total. The molecule has 3 atom stereocenters. The van der Waals surface area contributed by atoms with E-state index in [1.807, 2.05) is 0 Å². The van der Waals surface area contributed by atoms with Crippen LogP contribution in [0.3, 0.4) is 0 Å². The number of nitrogens with one attached hydrogen (secondary N) is 1. The average molecular weight is 214 g/mol. The normalized spacial score (nSPS) is 36.2. The lowest BCUT2D eigenvalue weighted by molar-refractivity contribution is 0.393. The van der Waals surface area contributed by atoms with E-state index in [0.29, 0.717) is 16.0 Å². The summed E-state index contributed by atoms with van der Waals surface area (Å²) in [6, 6.07) is 0.549. The molecule has 2 aliphatic rings. The molecule has 0 aromatic heterocycles. The van der Waals surface area contributed by atoms with Gasteiger partial charge in [-0.25, -0.2) is 0 Å². The standard InChI is InChI=1S/C9H14N2S2/c10-8(12)9(13)11-7-4-5-1-2-6(7)3-5/h5-7H,1-4H2,(H2,10,12)(H,11,13). The summed E-state index contributed by atoms with van der Waals surface area (Å²) < 4.78 is 0. The van der Waals surface area contributed by atoms with Crippen molar-refractivity contribution in [1.82, 2.24) is 5.32 Å². The van der Waals surface area contributed by atoms with Gasteiger partial charge >= 0.3 is 0 Å². The van der Waals surface area contributed by atoms with Gasteiger partial charge in [-0.2, -0.15) is 0 Å². The second kappa shape index (κ2) is 3.50. The number of rotatable bonds is 1. The molecule has 0 radical (unpaired) electrons. The predicted octanol–water partition coefficient (Wildman–Crippen LogP) is 1.38. The van der Waals surface area contributed by atoms with Crippen LogP contribution < -0.4 is 11.1 Å². The fourth-order valence-corrected chi connectivity index (χ4v) is 2.87. The van der Waals surface area contributed by atoms with E-state index < -0.39 is 0 Å². The van der Waals surface area contributed by atoms with E-state index in [1.165, 1.54) is 25.7 Å². The first-order chi connectivity index (χ1) is 6.16. The van der Waals surface area contributed by atoms with E-state index in [0.717, 1.165) is 11.8 Å². The Hall–Kier alpha value is -0.220. The zero-order chi connectivity index (χ0) is 9.42. The van der Waals surface area contributed by atoms with Crippen molar-refractivity contribution in [2.45, 2.75) is 31.7 Å². The smallest absolute Gasteiger partial charge is 0.134 e. The van der Waals surface area contributed by atoms with Crippen LogP contribution in [0.5, 0.6) is 0 Å². The molecule has 3 N–H and O–H groups in total. The van der Waals surface area contributed by atoms with Gasteiger partial charge in [0.15, 0.2) is 0 Å². The summed E-state index contributed by atoms with van der Waals surface area (Å²) in [4.78, 5) is 0.908. The third kappa shape index (κ3) is 1.83. The molecular formula is C9H14N2S2. The Labute approximate surface area is 89.3 Å². The van der Waals surface area contributed by atoms with Gasteiger partial charge < -0.3 is 11.1 Å². The lowest BCUT2D eigenvalue weighted by Crippen LogP contribution is -2.42. The first-order valence-corrected chi connectivity index (χ1v) is 5.58. The van der Waals surface area contributed by atoms with Crippen LogP contribution in [0.1, 0.15) is 25.7 Å². The summed E-state index contributed by atoms with van der Waals surface area (Å²) in [6.07, 6.45) is 5.38. The lowest BCUT2D eigenvalue weighted by atomic mass is 9.95. The van der Waals surface area contributed by atoms with Crippen molar-refractivity contribution in [1.29, 1.82) is 0 Å².